The molecule has 1 aromatic rings. The third-order valence-electron chi connectivity index (χ3n) is 2.22. The van der Waals surface area contributed by atoms with Gasteiger partial charge in [0.1, 0.15) is 24.2 Å². The molecule has 0 aliphatic carbocycles. The molecule has 0 bridgehead atoms. The van der Waals surface area contributed by atoms with Gasteiger partial charge in [0.15, 0.2) is 0 Å². The van der Waals surface area contributed by atoms with Gasteiger partial charge >= 0.3 is 0 Å². The maximum absolute atomic E-state index is 5.60. The van der Waals surface area contributed by atoms with Gasteiger partial charge in [-0.2, -0.15) is 0 Å². The van der Waals surface area contributed by atoms with Crippen molar-refractivity contribution in [3.63, 3.8) is 0 Å². The van der Waals surface area contributed by atoms with E-state index >= 15 is 0 Å². The summed E-state index contributed by atoms with van der Waals surface area (Å²) in [4.78, 5) is 0. The summed E-state index contributed by atoms with van der Waals surface area (Å²) in [7, 11) is 1.65. The van der Waals surface area contributed by atoms with E-state index in [1.807, 2.05) is 25.1 Å². The number of epoxide rings is 1. The van der Waals surface area contributed by atoms with Gasteiger partial charge in [-0.1, -0.05) is 6.07 Å². The predicted molar refractivity (Wildman–Crippen MR) is 53.0 cm³/mol. The average molecular weight is 194 g/mol. The Labute approximate surface area is 83.6 Å². The molecule has 1 aromatic carbocycles. The van der Waals surface area contributed by atoms with Crippen LogP contribution in [0.3, 0.4) is 0 Å². The van der Waals surface area contributed by atoms with Gasteiger partial charge in [0.05, 0.1) is 13.7 Å². The summed E-state index contributed by atoms with van der Waals surface area (Å²) < 4.78 is 15.8. The minimum Gasteiger partial charge on any atom is -0.497 e. The molecule has 0 aromatic heterocycles. The normalized spacial score (nSPS) is 19.1. The standard InChI is InChI=1S/C11H14O3/c1-8-3-4-9(12-2)5-11(8)14-7-10-6-13-10/h3-5,10H,6-7H2,1-2H3. The maximum Gasteiger partial charge on any atom is 0.126 e. The smallest absolute Gasteiger partial charge is 0.126 e. The van der Waals surface area contributed by atoms with Crippen LogP contribution in [0.2, 0.25) is 0 Å². The Morgan fingerprint density at radius 3 is 2.93 bits per heavy atom. The van der Waals surface area contributed by atoms with Gasteiger partial charge in [-0.25, -0.2) is 0 Å². The maximum atomic E-state index is 5.60. The summed E-state index contributed by atoms with van der Waals surface area (Å²) in [5.74, 6) is 1.70. The van der Waals surface area contributed by atoms with Crippen LogP contribution in [0, 0.1) is 6.92 Å². The summed E-state index contributed by atoms with van der Waals surface area (Å²) in [6, 6.07) is 5.81. The molecule has 0 saturated carbocycles. The first-order valence-corrected chi connectivity index (χ1v) is 4.68. The second-order valence-corrected chi connectivity index (χ2v) is 3.40. The topological polar surface area (TPSA) is 31.0 Å². The van der Waals surface area contributed by atoms with Crippen LogP contribution in [-0.2, 0) is 4.74 Å². The van der Waals surface area contributed by atoms with Crippen LogP contribution < -0.4 is 9.47 Å². The van der Waals surface area contributed by atoms with E-state index in [0.717, 1.165) is 23.7 Å². The van der Waals surface area contributed by atoms with E-state index in [9.17, 15) is 0 Å². The quantitative estimate of drug-likeness (QED) is 0.684. The van der Waals surface area contributed by atoms with E-state index in [-0.39, 0.29) is 0 Å². The van der Waals surface area contributed by atoms with Crippen molar-refractivity contribution >= 4 is 0 Å². The molecule has 1 saturated heterocycles. The number of hydrogen-bond donors (Lipinski definition) is 0. The van der Waals surface area contributed by atoms with Gasteiger partial charge in [-0.05, 0) is 18.6 Å². The zero-order valence-electron chi connectivity index (χ0n) is 8.45. The molecule has 0 amide bonds. The second kappa shape index (κ2) is 3.88. The van der Waals surface area contributed by atoms with Gasteiger partial charge in [0.2, 0.25) is 0 Å². The lowest BCUT2D eigenvalue weighted by Gasteiger charge is -2.09. The number of hydrogen-bond acceptors (Lipinski definition) is 3. The number of ether oxygens (including phenoxy) is 3. The largest absolute Gasteiger partial charge is 0.497 e. The highest BCUT2D eigenvalue weighted by atomic mass is 16.6. The Morgan fingerprint density at radius 1 is 1.50 bits per heavy atom. The molecule has 1 heterocycles. The zero-order chi connectivity index (χ0) is 9.97. The van der Waals surface area contributed by atoms with Crippen LogP contribution in [0.25, 0.3) is 0 Å². The first-order chi connectivity index (χ1) is 6.79. The molecular weight excluding hydrogens is 180 g/mol. The minimum atomic E-state index is 0.292. The molecule has 1 aliphatic heterocycles. The molecule has 1 fully saturated rings. The van der Waals surface area contributed by atoms with Crippen LogP contribution in [0.1, 0.15) is 5.56 Å². The van der Waals surface area contributed by atoms with Crippen molar-refractivity contribution in [2.24, 2.45) is 0 Å². The van der Waals surface area contributed by atoms with Crippen molar-refractivity contribution < 1.29 is 14.2 Å². The summed E-state index contributed by atoms with van der Waals surface area (Å²) in [6.45, 7) is 3.47. The molecule has 76 valence electrons. The average Bonchev–Trinajstić information content (AvgIpc) is 3.00. The predicted octanol–water partition coefficient (Wildman–Crippen LogP) is 1.78. The van der Waals surface area contributed by atoms with Gasteiger partial charge in [-0.15, -0.1) is 0 Å². The van der Waals surface area contributed by atoms with Crippen LogP contribution in [-0.4, -0.2) is 26.4 Å². The van der Waals surface area contributed by atoms with E-state index in [1.54, 1.807) is 7.11 Å². The van der Waals surface area contributed by atoms with Crippen molar-refractivity contribution in [3.05, 3.63) is 23.8 Å². The Hall–Kier alpha value is -1.22. The Morgan fingerprint density at radius 2 is 2.29 bits per heavy atom. The second-order valence-electron chi connectivity index (χ2n) is 3.40. The van der Waals surface area contributed by atoms with Crippen molar-refractivity contribution in [2.75, 3.05) is 20.3 Å². The molecule has 3 nitrogen and oxygen atoms in total. The first-order valence-electron chi connectivity index (χ1n) is 4.68. The van der Waals surface area contributed by atoms with E-state index in [1.165, 1.54) is 0 Å². The fraction of sp³-hybridized carbons (Fsp3) is 0.455. The van der Waals surface area contributed by atoms with Gasteiger partial charge in [0.25, 0.3) is 0 Å². The molecule has 2 rings (SSSR count). The van der Waals surface area contributed by atoms with Gasteiger partial charge in [-0.3, -0.25) is 0 Å². The zero-order valence-corrected chi connectivity index (χ0v) is 8.45. The Kier molecular flexibility index (Phi) is 2.59. The summed E-state index contributed by atoms with van der Waals surface area (Å²) in [5.41, 5.74) is 1.12. The van der Waals surface area contributed by atoms with Crippen molar-refractivity contribution in [1.82, 2.24) is 0 Å². The van der Waals surface area contributed by atoms with Crippen LogP contribution in [0.5, 0.6) is 11.5 Å². The monoisotopic (exact) mass is 194 g/mol. The van der Waals surface area contributed by atoms with E-state index in [2.05, 4.69) is 0 Å². The summed E-state index contributed by atoms with van der Waals surface area (Å²) >= 11 is 0. The lowest BCUT2D eigenvalue weighted by atomic mass is 10.2. The van der Waals surface area contributed by atoms with Gasteiger partial charge in [0, 0.05) is 6.07 Å². The molecule has 0 N–H and O–H groups in total. The molecule has 0 spiro atoms. The molecule has 1 atom stereocenters. The van der Waals surface area contributed by atoms with Crippen LogP contribution in [0.4, 0.5) is 0 Å². The highest BCUT2D eigenvalue weighted by Crippen LogP contribution is 2.24. The van der Waals surface area contributed by atoms with Crippen molar-refractivity contribution in [2.45, 2.75) is 13.0 Å². The molecule has 1 aliphatic rings. The van der Waals surface area contributed by atoms with Crippen LogP contribution in [0.15, 0.2) is 18.2 Å². The third kappa shape index (κ3) is 2.17. The van der Waals surface area contributed by atoms with E-state index in [4.69, 9.17) is 14.2 Å². The third-order valence-corrected chi connectivity index (χ3v) is 2.22. The first kappa shape index (κ1) is 9.34. The lowest BCUT2D eigenvalue weighted by Crippen LogP contribution is -2.05. The number of rotatable bonds is 4. The molecule has 3 heteroatoms. The van der Waals surface area contributed by atoms with E-state index < -0.39 is 0 Å². The van der Waals surface area contributed by atoms with E-state index in [0.29, 0.717) is 12.7 Å². The minimum absolute atomic E-state index is 0.292. The highest BCUT2D eigenvalue weighted by molar-refractivity contribution is 5.39. The summed E-state index contributed by atoms with van der Waals surface area (Å²) in [5, 5.41) is 0. The van der Waals surface area contributed by atoms with Gasteiger partial charge < -0.3 is 14.2 Å². The number of methoxy groups -OCH3 is 1. The Bertz CT molecular complexity index is 318. The fourth-order valence-corrected chi connectivity index (χ4v) is 1.21. The van der Waals surface area contributed by atoms with Crippen LogP contribution >= 0.6 is 0 Å². The number of benzene rings is 1. The SMILES string of the molecule is COc1ccc(C)c(OCC2CO2)c1. The molecule has 14 heavy (non-hydrogen) atoms. The molecule has 1 unspecified atom stereocenters. The number of aryl methyl sites for hydroxylation is 1. The lowest BCUT2D eigenvalue weighted by molar-refractivity contribution is 0.260. The summed E-state index contributed by atoms with van der Waals surface area (Å²) in [6.07, 6.45) is 0.292. The van der Waals surface area contributed by atoms with Crippen molar-refractivity contribution in [3.8, 4) is 11.5 Å². The fourth-order valence-electron chi connectivity index (χ4n) is 1.21. The highest BCUT2D eigenvalue weighted by Gasteiger charge is 2.23. The van der Waals surface area contributed by atoms with Crippen molar-refractivity contribution in [1.29, 1.82) is 0 Å². The molecular formula is C11H14O3. The molecule has 0 radical (unpaired) electrons. The Balaban J connectivity index is 2.04.